The van der Waals surface area contributed by atoms with Gasteiger partial charge in [0, 0.05) is 26.2 Å². The molecule has 5 heteroatoms. The lowest BCUT2D eigenvalue weighted by Gasteiger charge is -2.24. The van der Waals surface area contributed by atoms with Gasteiger partial charge in [-0.3, -0.25) is 4.79 Å². The molecule has 1 rings (SSSR count). The minimum atomic E-state index is -0.673. The SMILES string of the molecule is CCc1ccc(N(C)CC(NC(C)=O)C(=O)OC)cc1. The van der Waals surface area contributed by atoms with Crippen LogP contribution >= 0.6 is 0 Å². The van der Waals surface area contributed by atoms with Crippen molar-refractivity contribution in [2.45, 2.75) is 26.3 Å². The molecule has 0 saturated carbocycles. The maximum absolute atomic E-state index is 11.7. The summed E-state index contributed by atoms with van der Waals surface area (Å²) in [6.07, 6.45) is 0.987. The van der Waals surface area contributed by atoms with Crippen molar-refractivity contribution in [2.24, 2.45) is 0 Å². The summed E-state index contributed by atoms with van der Waals surface area (Å²) in [4.78, 5) is 24.7. The zero-order valence-corrected chi connectivity index (χ0v) is 12.5. The fraction of sp³-hybridized carbons (Fsp3) is 0.467. The summed E-state index contributed by atoms with van der Waals surface area (Å²) in [6.45, 7) is 3.84. The summed E-state index contributed by atoms with van der Waals surface area (Å²) < 4.78 is 4.71. The molecule has 0 aliphatic rings. The van der Waals surface area contributed by atoms with Gasteiger partial charge in [-0.1, -0.05) is 19.1 Å². The molecule has 1 aromatic carbocycles. The van der Waals surface area contributed by atoms with E-state index in [1.54, 1.807) is 0 Å². The van der Waals surface area contributed by atoms with Crippen LogP contribution in [0.4, 0.5) is 5.69 Å². The summed E-state index contributed by atoms with van der Waals surface area (Å²) >= 11 is 0. The Morgan fingerprint density at radius 2 is 1.90 bits per heavy atom. The van der Waals surface area contributed by atoms with Crippen LogP contribution in [0.3, 0.4) is 0 Å². The smallest absolute Gasteiger partial charge is 0.330 e. The number of likely N-dealkylation sites (N-methyl/N-ethyl adjacent to an activating group) is 1. The Kier molecular flexibility index (Phi) is 6.03. The predicted octanol–water partition coefficient (Wildman–Crippen LogP) is 1.36. The highest BCUT2D eigenvalue weighted by Crippen LogP contribution is 2.14. The van der Waals surface area contributed by atoms with Crippen LogP contribution in [-0.2, 0) is 20.7 Å². The summed E-state index contributed by atoms with van der Waals surface area (Å²) in [5.74, 6) is -0.702. The number of nitrogens with zero attached hydrogens (tertiary/aromatic N) is 1. The normalized spacial score (nSPS) is 11.6. The van der Waals surface area contributed by atoms with Gasteiger partial charge in [-0.25, -0.2) is 4.79 Å². The fourth-order valence-electron chi connectivity index (χ4n) is 1.93. The van der Waals surface area contributed by atoms with E-state index in [1.165, 1.54) is 19.6 Å². The van der Waals surface area contributed by atoms with Gasteiger partial charge in [0.1, 0.15) is 6.04 Å². The molecular weight excluding hydrogens is 256 g/mol. The Labute approximate surface area is 119 Å². The van der Waals surface area contributed by atoms with Gasteiger partial charge in [0.15, 0.2) is 0 Å². The number of benzene rings is 1. The zero-order chi connectivity index (χ0) is 15.1. The predicted molar refractivity (Wildman–Crippen MR) is 78.7 cm³/mol. The number of hydrogen-bond acceptors (Lipinski definition) is 4. The molecule has 110 valence electrons. The third-order valence-corrected chi connectivity index (χ3v) is 3.10. The van der Waals surface area contributed by atoms with E-state index in [2.05, 4.69) is 24.4 Å². The van der Waals surface area contributed by atoms with E-state index in [0.717, 1.165) is 12.1 Å². The van der Waals surface area contributed by atoms with Crippen LogP contribution in [0.2, 0.25) is 0 Å². The molecule has 0 fully saturated rings. The van der Waals surface area contributed by atoms with Crippen molar-refractivity contribution in [1.82, 2.24) is 5.32 Å². The van der Waals surface area contributed by atoms with E-state index in [1.807, 2.05) is 24.1 Å². The quantitative estimate of drug-likeness (QED) is 0.798. The fourth-order valence-corrected chi connectivity index (χ4v) is 1.93. The van der Waals surface area contributed by atoms with Gasteiger partial charge in [0.25, 0.3) is 0 Å². The number of esters is 1. The third-order valence-electron chi connectivity index (χ3n) is 3.10. The molecule has 0 aliphatic heterocycles. The van der Waals surface area contributed by atoms with Crippen molar-refractivity contribution in [3.05, 3.63) is 29.8 Å². The van der Waals surface area contributed by atoms with Crippen LogP contribution in [0.1, 0.15) is 19.4 Å². The summed E-state index contributed by atoms with van der Waals surface area (Å²) in [5.41, 5.74) is 2.25. The molecule has 0 saturated heterocycles. The first-order valence-corrected chi connectivity index (χ1v) is 6.63. The van der Waals surface area contributed by atoms with Crippen LogP contribution in [0.5, 0.6) is 0 Å². The number of ether oxygens (including phenoxy) is 1. The second kappa shape index (κ2) is 7.53. The summed E-state index contributed by atoms with van der Waals surface area (Å²) in [6, 6.07) is 7.43. The number of methoxy groups -OCH3 is 1. The topological polar surface area (TPSA) is 58.6 Å². The minimum absolute atomic E-state index is 0.255. The first-order valence-electron chi connectivity index (χ1n) is 6.63. The first-order chi connectivity index (χ1) is 9.47. The number of nitrogens with one attached hydrogen (secondary N) is 1. The summed E-state index contributed by atoms with van der Waals surface area (Å²) in [7, 11) is 3.19. The molecule has 0 heterocycles. The van der Waals surface area contributed by atoms with E-state index in [-0.39, 0.29) is 5.91 Å². The first kappa shape index (κ1) is 16.0. The number of anilines is 1. The van der Waals surface area contributed by atoms with E-state index in [9.17, 15) is 9.59 Å². The molecular formula is C15H22N2O3. The molecule has 1 aromatic rings. The Bertz CT molecular complexity index is 457. The average Bonchev–Trinajstić information content (AvgIpc) is 2.45. The number of rotatable bonds is 6. The standard InChI is InChI=1S/C15H22N2O3/c1-5-12-6-8-13(9-7-12)17(3)10-14(15(19)20-4)16-11(2)18/h6-9,14H,5,10H2,1-4H3,(H,16,18). The zero-order valence-electron chi connectivity index (χ0n) is 12.5. The molecule has 0 aromatic heterocycles. The molecule has 20 heavy (non-hydrogen) atoms. The van der Waals surface area contributed by atoms with E-state index >= 15 is 0 Å². The highest BCUT2D eigenvalue weighted by molar-refractivity contribution is 5.83. The minimum Gasteiger partial charge on any atom is -0.467 e. The van der Waals surface area contributed by atoms with Gasteiger partial charge in [0.2, 0.25) is 5.91 Å². The van der Waals surface area contributed by atoms with Gasteiger partial charge >= 0.3 is 5.97 Å². The lowest BCUT2D eigenvalue weighted by Crippen LogP contribution is -2.47. The number of carbonyl (C=O) groups is 2. The van der Waals surface area contributed by atoms with Gasteiger partial charge in [-0.2, -0.15) is 0 Å². The van der Waals surface area contributed by atoms with Gasteiger partial charge in [-0.15, -0.1) is 0 Å². The second-order valence-electron chi connectivity index (χ2n) is 4.68. The number of amides is 1. The molecule has 5 nitrogen and oxygen atoms in total. The van der Waals surface area contributed by atoms with Crippen molar-refractivity contribution in [1.29, 1.82) is 0 Å². The molecule has 0 spiro atoms. The van der Waals surface area contributed by atoms with Crippen LogP contribution in [0.25, 0.3) is 0 Å². The third kappa shape index (κ3) is 4.57. The highest BCUT2D eigenvalue weighted by atomic mass is 16.5. The maximum Gasteiger partial charge on any atom is 0.330 e. The molecule has 1 atom stereocenters. The maximum atomic E-state index is 11.7. The largest absolute Gasteiger partial charge is 0.467 e. The van der Waals surface area contributed by atoms with Crippen LogP contribution < -0.4 is 10.2 Å². The second-order valence-corrected chi connectivity index (χ2v) is 4.68. The van der Waals surface area contributed by atoms with Crippen molar-refractivity contribution < 1.29 is 14.3 Å². The molecule has 0 radical (unpaired) electrons. The van der Waals surface area contributed by atoms with Crippen LogP contribution in [0, 0.1) is 0 Å². The molecule has 1 unspecified atom stereocenters. The van der Waals surface area contributed by atoms with Crippen molar-refractivity contribution in [3.8, 4) is 0 Å². The number of aryl methyl sites for hydroxylation is 1. The lowest BCUT2D eigenvalue weighted by molar-refractivity contribution is -0.144. The van der Waals surface area contributed by atoms with Crippen LogP contribution in [-0.4, -0.2) is 38.6 Å². The Morgan fingerprint density at radius 3 is 2.35 bits per heavy atom. The van der Waals surface area contributed by atoms with E-state index < -0.39 is 12.0 Å². The van der Waals surface area contributed by atoms with Gasteiger partial charge in [-0.05, 0) is 24.1 Å². The van der Waals surface area contributed by atoms with Gasteiger partial charge < -0.3 is 15.0 Å². The van der Waals surface area contributed by atoms with E-state index in [4.69, 9.17) is 4.74 Å². The van der Waals surface area contributed by atoms with Crippen molar-refractivity contribution >= 4 is 17.6 Å². The Balaban J connectivity index is 2.75. The molecule has 1 N–H and O–H groups in total. The highest BCUT2D eigenvalue weighted by Gasteiger charge is 2.22. The average molecular weight is 278 g/mol. The van der Waals surface area contributed by atoms with E-state index in [0.29, 0.717) is 6.54 Å². The van der Waals surface area contributed by atoms with Crippen LogP contribution in [0.15, 0.2) is 24.3 Å². The Hall–Kier alpha value is -2.04. The number of carbonyl (C=O) groups excluding carboxylic acids is 2. The Morgan fingerprint density at radius 1 is 1.30 bits per heavy atom. The van der Waals surface area contributed by atoms with Gasteiger partial charge in [0.05, 0.1) is 7.11 Å². The summed E-state index contributed by atoms with van der Waals surface area (Å²) in [5, 5.41) is 2.60. The molecule has 1 amide bonds. The van der Waals surface area contributed by atoms with Crippen molar-refractivity contribution in [3.63, 3.8) is 0 Å². The monoisotopic (exact) mass is 278 g/mol. The molecule has 0 bridgehead atoms. The van der Waals surface area contributed by atoms with Crippen molar-refractivity contribution in [2.75, 3.05) is 25.6 Å². The number of hydrogen-bond donors (Lipinski definition) is 1. The lowest BCUT2D eigenvalue weighted by atomic mass is 10.1. The molecule has 0 aliphatic carbocycles.